The van der Waals surface area contributed by atoms with E-state index in [9.17, 15) is 24.0 Å². The van der Waals surface area contributed by atoms with Gasteiger partial charge >= 0.3 is 5.97 Å². The monoisotopic (exact) mass is 516 g/mol. The van der Waals surface area contributed by atoms with Crippen molar-refractivity contribution in [3.05, 3.63) is 35.9 Å². The van der Waals surface area contributed by atoms with Gasteiger partial charge < -0.3 is 26.0 Å². The van der Waals surface area contributed by atoms with Gasteiger partial charge in [-0.05, 0) is 67.9 Å². The first-order valence-corrected chi connectivity index (χ1v) is 12.2. The lowest BCUT2D eigenvalue weighted by atomic mass is 9.88. The van der Waals surface area contributed by atoms with E-state index in [0.29, 0.717) is 0 Å². The van der Waals surface area contributed by atoms with Gasteiger partial charge in [-0.3, -0.25) is 19.2 Å². The topological polar surface area (TPSA) is 143 Å². The van der Waals surface area contributed by atoms with Gasteiger partial charge in [-0.15, -0.1) is 0 Å². The summed E-state index contributed by atoms with van der Waals surface area (Å²) in [4.78, 5) is 66.1. The maximum atomic E-state index is 13.6. The molecule has 4 amide bonds. The number of amides is 4. The average molecular weight is 517 g/mol. The fourth-order valence-corrected chi connectivity index (χ4v) is 3.56. The summed E-state index contributed by atoms with van der Waals surface area (Å²) < 4.78 is 5.43. The maximum absolute atomic E-state index is 13.6. The Morgan fingerprint density at radius 1 is 0.622 bits per heavy atom. The van der Waals surface area contributed by atoms with Gasteiger partial charge in [0.25, 0.3) is 0 Å². The Bertz CT molecular complexity index is 1080. The first kappa shape index (κ1) is 29.8. The van der Waals surface area contributed by atoms with Crippen LogP contribution < -0.4 is 21.3 Å². The summed E-state index contributed by atoms with van der Waals surface area (Å²) in [6.07, 6.45) is 0.120. The van der Waals surface area contributed by atoms with Gasteiger partial charge in [0.1, 0.15) is 28.8 Å². The van der Waals surface area contributed by atoms with Gasteiger partial charge in [-0.1, -0.05) is 30.3 Å². The molecule has 0 spiro atoms. The van der Waals surface area contributed by atoms with Crippen LogP contribution >= 0.6 is 0 Å². The summed E-state index contributed by atoms with van der Waals surface area (Å²) in [5, 5.41) is 10.8. The molecule has 1 saturated heterocycles. The lowest BCUT2D eigenvalue weighted by Gasteiger charge is -2.38. The molecule has 1 unspecified atom stereocenters. The SMILES string of the molecule is CC1(C)COC(=O)C(C)(C)NC(=O)C(C)(Cc2ccccc2)NC(=O)C(C)(C)NC(=O)C(C)(C)NC1=O. The molecule has 1 fully saturated rings. The van der Waals surface area contributed by atoms with Gasteiger partial charge in [0.2, 0.25) is 23.6 Å². The highest BCUT2D eigenvalue weighted by Gasteiger charge is 2.46. The minimum atomic E-state index is -1.49. The Labute approximate surface area is 218 Å². The van der Waals surface area contributed by atoms with E-state index in [0.717, 1.165) is 5.56 Å². The fourth-order valence-electron chi connectivity index (χ4n) is 3.56. The normalized spacial score (nSPS) is 26.1. The van der Waals surface area contributed by atoms with E-state index in [4.69, 9.17) is 4.74 Å². The Morgan fingerprint density at radius 2 is 1.08 bits per heavy atom. The number of carbonyl (C=O) groups is 5. The van der Waals surface area contributed by atoms with Crippen molar-refractivity contribution >= 4 is 29.6 Å². The lowest BCUT2D eigenvalue weighted by Crippen LogP contribution is -2.69. The van der Waals surface area contributed by atoms with E-state index >= 15 is 0 Å². The molecule has 37 heavy (non-hydrogen) atoms. The number of carbonyl (C=O) groups excluding carboxylic acids is 5. The van der Waals surface area contributed by atoms with Crippen LogP contribution in [-0.2, 0) is 35.1 Å². The van der Waals surface area contributed by atoms with Crippen LogP contribution in [0.4, 0.5) is 0 Å². The number of hydrogen-bond acceptors (Lipinski definition) is 6. The van der Waals surface area contributed by atoms with Crippen LogP contribution in [0.15, 0.2) is 30.3 Å². The molecule has 204 valence electrons. The van der Waals surface area contributed by atoms with Crippen molar-refractivity contribution < 1.29 is 28.7 Å². The van der Waals surface area contributed by atoms with E-state index in [1.165, 1.54) is 41.5 Å². The molecule has 4 N–H and O–H groups in total. The van der Waals surface area contributed by atoms with E-state index in [2.05, 4.69) is 21.3 Å². The van der Waals surface area contributed by atoms with Gasteiger partial charge in [-0.25, -0.2) is 4.79 Å². The molecule has 2 rings (SSSR count). The lowest BCUT2D eigenvalue weighted by molar-refractivity contribution is -0.158. The van der Waals surface area contributed by atoms with Crippen LogP contribution in [0.2, 0.25) is 0 Å². The summed E-state index contributed by atoms with van der Waals surface area (Å²) in [6, 6.07) is 9.12. The summed E-state index contributed by atoms with van der Waals surface area (Å²) in [5.41, 5.74) is -6.19. The van der Waals surface area contributed by atoms with Crippen LogP contribution in [0, 0.1) is 5.41 Å². The molecule has 0 saturated carbocycles. The second-order valence-electron chi connectivity index (χ2n) is 12.1. The highest BCUT2D eigenvalue weighted by molar-refractivity contribution is 6.00. The molecule has 0 aliphatic carbocycles. The van der Waals surface area contributed by atoms with Crippen LogP contribution in [0.1, 0.15) is 67.9 Å². The van der Waals surface area contributed by atoms with Crippen molar-refractivity contribution in [2.75, 3.05) is 6.61 Å². The van der Waals surface area contributed by atoms with E-state index in [-0.39, 0.29) is 13.0 Å². The number of esters is 1. The molecule has 10 heteroatoms. The zero-order valence-corrected chi connectivity index (χ0v) is 23.3. The van der Waals surface area contributed by atoms with Crippen LogP contribution in [0.25, 0.3) is 0 Å². The number of ether oxygens (including phenoxy) is 1. The van der Waals surface area contributed by atoms with Crippen molar-refractivity contribution in [3.63, 3.8) is 0 Å². The molecule has 0 radical (unpaired) electrons. The van der Waals surface area contributed by atoms with Gasteiger partial charge in [0.05, 0.1) is 5.41 Å². The third-order valence-corrected chi connectivity index (χ3v) is 6.39. The third kappa shape index (κ3) is 7.08. The average Bonchev–Trinajstić information content (AvgIpc) is 2.76. The Kier molecular flexibility index (Phi) is 8.17. The zero-order chi connectivity index (χ0) is 28.4. The van der Waals surface area contributed by atoms with Gasteiger partial charge in [0.15, 0.2) is 0 Å². The quantitative estimate of drug-likeness (QED) is 0.438. The standard InChI is InChI=1S/C27H40N4O6/c1-23(2)16-37-22(36)26(7,8)30-21(35)27(9,15-17-13-11-10-12-14-17)31-20(34)25(5,6)29-19(33)24(3,4)28-18(23)32/h10-14H,15-16H2,1-9H3,(H,28,32)(H,29,33)(H,30,35)(H,31,34). The first-order chi connectivity index (χ1) is 16.7. The molecule has 1 aliphatic rings. The predicted molar refractivity (Wildman–Crippen MR) is 138 cm³/mol. The summed E-state index contributed by atoms with van der Waals surface area (Å²) in [5.74, 6) is -3.11. The van der Waals surface area contributed by atoms with E-state index in [1.54, 1.807) is 20.8 Å². The van der Waals surface area contributed by atoms with Crippen LogP contribution in [0.5, 0.6) is 0 Å². The zero-order valence-electron chi connectivity index (χ0n) is 23.3. The van der Waals surface area contributed by atoms with Crippen LogP contribution in [0.3, 0.4) is 0 Å². The molecular weight excluding hydrogens is 476 g/mol. The van der Waals surface area contributed by atoms with Gasteiger partial charge in [0, 0.05) is 6.42 Å². The van der Waals surface area contributed by atoms with Crippen LogP contribution in [-0.4, -0.2) is 58.4 Å². The number of hydrogen-bond donors (Lipinski definition) is 4. The predicted octanol–water partition coefficient (Wildman–Crippen LogP) is 1.37. The molecule has 1 aromatic rings. The Morgan fingerprint density at radius 3 is 1.62 bits per heavy atom. The van der Waals surface area contributed by atoms with E-state index < -0.39 is 57.2 Å². The highest BCUT2D eigenvalue weighted by Crippen LogP contribution is 2.22. The minimum absolute atomic E-state index is 0.120. The first-order valence-electron chi connectivity index (χ1n) is 12.2. The maximum Gasteiger partial charge on any atom is 0.331 e. The van der Waals surface area contributed by atoms with Crippen molar-refractivity contribution in [2.24, 2.45) is 5.41 Å². The number of cyclic esters (lactones) is 1. The van der Waals surface area contributed by atoms with Crippen molar-refractivity contribution in [2.45, 2.75) is 90.9 Å². The molecule has 1 aliphatic heterocycles. The number of benzene rings is 1. The second-order valence-corrected chi connectivity index (χ2v) is 12.1. The largest absolute Gasteiger partial charge is 0.463 e. The number of nitrogens with one attached hydrogen (secondary N) is 4. The third-order valence-electron chi connectivity index (χ3n) is 6.39. The summed E-state index contributed by atoms with van der Waals surface area (Å²) in [6.45, 7) is 13.4. The second kappa shape index (κ2) is 10.1. The van der Waals surface area contributed by atoms with Gasteiger partial charge in [-0.2, -0.15) is 0 Å². The minimum Gasteiger partial charge on any atom is -0.463 e. The Balaban J connectivity index is 2.55. The molecular formula is C27H40N4O6. The fraction of sp³-hybridized carbons (Fsp3) is 0.593. The molecule has 0 bridgehead atoms. The molecule has 0 aromatic heterocycles. The molecule has 1 heterocycles. The smallest absolute Gasteiger partial charge is 0.331 e. The number of rotatable bonds is 2. The highest BCUT2D eigenvalue weighted by atomic mass is 16.5. The van der Waals surface area contributed by atoms with Crippen molar-refractivity contribution in [1.82, 2.24) is 21.3 Å². The van der Waals surface area contributed by atoms with E-state index in [1.807, 2.05) is 30.3 Å². The summed E-state index contributed by atoms with van der Waals surface area (Å²) >= 11 is 0. The summed E-state index contributed by atoms with van der Waals surface area (Å²) in [7, 11) is 0. The Hall–Kier alpha value is -3.43. The van der Waals surface area contributed by atoms with Crippen molar-refractivity contribution in [1.29, 1.82) is 0 Å². The molecule has 1 atom stereocenters. The molecule has 10 nitrogen and oxygen atoms in total. The van der Waals surface area contributed by atoms with Crippen molar-refractivity contribution in [3.8, 4) is 0 Å². The molecule has 1 aromatic carbocycles.